The molecule has 7 aromatic carbocycles. The number of benzene rings is 7. The fourth-order valence-electron chi connectivity index (χ4n) is 6.55. The number of halogens is 3. The van der Waals surface area contributed by atoms with Crippen LogP contribution in [-0.2, 0) is 0 Å². The van der Waals surface area contributed by atoms with Gasteiger partial charge in [0.1, 0.15) is 17.5 Å². The highest BCUT2D eigenvalue weighted by molar-refractivity contribution is 6.12. The molecule has 0 radical (unpaired) electrons. The molecule has 0 fully saturated rings. The molecule has 0 bridgehead atoms. The highest BCUT2D eigenvalue weighted by Gasteiger charge is 2.23. The zero-order valence-electron chi connectivity index (χ0n) is 30.0. The minimum Gasteiger partial charge on any atom is -0.453 e. The highest BCUT2D eigenvalue weighted by atomic mass is 19.1. The van der Waals surface area contributed by atoms with Gasteiger partial charge in [-0.2, -0.15) is 0 Å². The third-order valence-corrected chi connectivity index (χ3v) is 8.67. The van der Waals surface area contributed by atoms with E-state index in [0.717, 1.165) is 50.1 Å². The van der Waals surface area contributed by atoms with Crippen LogP contribution in [0.4, 0.5) is 30.2 Å². The first-order valence-electron chi connectivity index (χ1n) is 17.7. The van der Waals surface area contributed by atoms with E-state index in [1.165, 1.54) is 29.2 Å². The second-order valence-electron chi connectivity index (χ2n) is 11.4. The number of rotatable bonds is 5. The Labute approximate surface area is 281 Å². The molecule has 6 heteroatoms. The number of hydrogen-bond acceptors (Lipinski definition) is 2. The van der Waals surface area contributed by atoms with Crippen LogP contribution in [0.2, 0.25) is 0 Å². The van der Waals surface area contributed by atoms with Gasteiger partial charge >= 0.3 is 0 Å². The quantitative estimate of drug-likeness (QED) is 0.187. The van der Waals surface area contributed by atoms with Gasteiger partial charge in [-0.05, 0) is 77.3 Å². The van der Waals surface area contributed by atoms with Crippen molar-refractivity contribution in [2.75, 3.05) is 4.90 Å². The van der Waals surface area contributed by atoms with Crippen molar-refractivity contribution >= 4 is 38.9 Å². The number of fused-ring (bicyclic) bond motifs is 5. The Morgan fingerprint density at radius 3 is 1.94 bits per heavy atom. The topological polar surface area (TPSA) is 17.4 Å². The fourth-order valence-corrected chi connectivity index (χ4v) is 6.55. The van der Waals surface area contributed by atoms with Crippen LogP contribution < -0.4 is 9.64 Å². The van der Waals surface area contributed by atoms with Crippen molar-refractivity contribution in [1.82, 2.24) is 4.57 Å². The number of anilines is 3. The molecule has 0 saturated carbocycles. The molecule has 0 N–H and O–H groups in total. The van der Waals surface area contributed by atoms with E-state index < -0.39 is 53.2 Å². The van der Waals surface area contributed by atoms with E-state index in [1.54, 1.807) is 12.1 Å². The predicted octanol–water partition coefficient (Wildman–Crippen LogP) is 12.1. The van der Waals surface area contributed by atoms with Crippen molar-refractivity contribution in [3.8, 4) is 39.4 Å². The lowest BCUT2D eigenvalue weighted by molar-refractivity contribution is 0.476. The highest BCUT2D eigenvalue weighted by Crippen LogP contribution is 2.46. The zero-order valence-corrected chi connectivity index (χ0v) is 25.0. The third kappa shape index (κ3) is 4.45. The largest absolute Gasteiger partial charge is 0.453 e. The van der Waals surface area contributed by atoms with E-state index in [1.807, 2.05) is 54.6 Å². The second kappa shape index (κ2) is 10.9. The molecule has 0 aliphatic carbocycles. The van der Waals surface area contributed by atoms with Crippen molar-refractivity contribution in [3.05, 3.63) is 169 Å². The van der Waals surface area contributed by atoms with Gasteiger partial charge in [-0.1, -0.05) is 78.8 Å². The van der Waals surface area contributed by atoms with Gasteiger partial charge < -0.3 is 14.2 Å². The average Bonchev–Trinajstić information content (AvgIpc) is 3.50. The molecule has 3 nitrogen and oxygen atoms in total. The molecule has 1 aliphatic rings. The smallest absolute Gasteiger partial charge is 0.152 e. The molecule has 1 aliphatic heterocycles. The van der Waals surface area contributed by atoms with Crippen molar-refractivity contribution in [2.24, 2.45) is 0 Å². The first-order chi connectivity index (χ1) is 25.6. The summed E-state index contributed by atoms with van der Waals surface area (Å²) >= 11 is 0. The lowest BCUT2D eigenvalue weighted by Crippen LogP contribution is -2.09. The van der Waals surface area contributed by atoms with Crippen LogP contribution in [0.1, 0.15) is 6.85 Å². The van der Waals surface area contributed by atoms with Crippen LogP contribution in [0, 0.1) is 17.5 Å². The maximum absolute atomic E-state index is 14.7. The molecule has 8 aromatic rings. The molecule has 0 saturated heterocycles. The Kier molecular flexibility index (Phi) is 5.26. The van der Waals surface area contributed by atoms with Gasteiger partial charge in [0.2, 0.25) is 0 Å². The number of aromatic nitrogens is 1. The lowest BCUT2D eigenvalue weighted by Gasteiger charge is -2.26. The molecule has 9 rings (SSSR count). The number of hydrogen-bond donors (Lipinski definition) is 0. The molecule has 0 spiro atoms. The molecule has 0 unspecified atom stereocenters. The van der Waals surface area contributed by atoms with Gasteiger partial charge in [-0.3, -0.25) is 0 Å². The van der Waals surface area contributed by atoms with Crippen molar-refractivity contribution in [2.45, 2.75) is 0 Å². The second-order valence-corrected chi connectivity index (χ2v) is 11.4. The van der Waals surface area contributed by atoms with E-state index in [2.05, 4.69) is 22.8 Å². The summed E-state index contributed by atoms with van der Waals surface area (Å²) < 4.78 is 93.8. The van der Waals surface area contributed by atoms with Gasteiger partial charge in [0, 0.05) is 40.0 Å². The standard InChI is InChI=1S/C42H25F3N2O/c43-29-24-35(44)41(36(45)25-29)27-15-20-32(21-16-27)46(30-7-2-1-3-8-30)31-18-13-26(14-19-31)28-17-22-33-34-9-6-12-40-42(34)47(38(33)23-28)37-10-4-5-11-39(37)48-40/h1-25H/i1D,2D,3D,7D,8D. The minimum atomic E-state index is -1.07. The molecule has 230 valence electrons. The zero-order chi connectivity index (χ0) is 36.7. The van der Waals surface area contributed by atoms with Crippen LogP contribution in [0.15, 0.2) is 152 Å². The molecular formula is C42H25F3N2O. The van der Waals surface area contributed by atoms with Gasteiger partial charge in [0.25, 0.3) is 0 Å². The van der Waals surface area contributed by atoms with Crippen molar-refractivity contribution in [3.63, 3.8) is 0 Å². The van der Waals surface area contributed by atoms with Gasteiger partial charge in [0.05, 0.1) is 29.1 Å². The molecule has 1 aromatic heterocycles. The number of ether oxygens (including phenoxy) is 1. The lowest BCUT2D eigenvalue weighted by atomic mass is 10.0. The summed E-state index contributed by atoms with van der Waals surface area (Å²) in [5.74, 6) is -1.64. The summed E-state index contributed by atoms with van der Waals surface area (Å²) in [6, 6.07) is 32.2. The predicted molar refractivity (Wildman–Crippen MR) is 186 cm³/mol. The van der Waals surface area contributed by atoms with Crippen LogP contribution in [0.3, 0.4) is 0 Å². The van der Waals surface area contributed by atoms with E-state index in [9.17, 15) is 13.2 Å². The Bertz CT molecular complexity index is 2750. The molecular weight excluding hydrogens is 605 g/mol. The van der Waals surface area contributed by atoms with Crippen LogP contribution in [0.25, 0.3) is 49.7 Å². The first kappa shape index (κ1) is 23.1. The summed E-state index contributed by atoms with van der Waals surface area (Å²) in [6.45, 7) is 0. The fraction of sp³-hybridized carbons (Fsp3) is 0. The molecule has 0 amide bonds. The minimum absolute atomic E-state index is 0.104. The third-order valence-electron chi connectivity index (χ3n) is 8.67. The summed E-state index contributed by atoms with van der Waals surface area (Å²) in [4.78, 5) is 1.51. The average molecular weight is 636 g/mol. The Hall–Kier alpha value is -6.27. The van der Waals surface area contributed by atoms with Crippen molar-refractivity contribution < 1.29 is 24.8 Å². The Morgan fingerprint density at radius 2 is 1.21 bits per heavy atom. The van der Waals surface area contributed by atoms with Gasteiger partial charge in [-0.25, -0.2) is 13.2 Å². The van der Waals surface area contributed by atoms with Crippen LogP contribution >= 0.6 is 0 Å². The number of para-hydroxylation sites is 4. The monoisotopic (exact) mass is 635 g/mol. The van der Waals surface area contributed by atoms with E-state index in [0.29, 0.717) is 23.5 Å². The molecule has 48 heavy (non-hydrogen) atoms. The van der Waals surface area contributed by atoms with Crippen LogP contribution in [-0.4, -0.2) is 4.57 Å². The first-order valence-corrected chi connectivity index (χ1v) is 15.2. The summed E-state index contributed by atoms with van der Waals surface area (Å²) in [5.41, 5.74) is 5.16. The molecule has 2 heterocycles. The van der Waals surface area contributed by atoms with E-state index in [-0.39, 0.29) is 11.3 Å². The SMILES string of the molecule is [2H]c1c([2H])c([2H])c(N(c2ccc(-c3ccc4c5cccc6c5n(c4c3)-c3ccccc3O6)cc2)c2ccc(-c3c(F)cc(F)cc3F)cc2)c([2H])c1[2H]. The Balaban J connectivity index is 1.17. The maximum atomic E-state index is 14.7. The summed E-state index contributed by atoms with van der Waals surface area (Å²) in [5, 5.41) is 2.14. The molecule has 0 atom stereocenters. The van der Waals surface area contributed by atoms with Crippen LogP contribution in [0.5, 0.6) is 11.5 Å². The van der Waals surface area contributed by atoms with E-state index in [4.69, 9.17) is 11.6 Å². The summed E-state index contributed by atoms with van der Waals surface area (Å²) in [6.07, 6.45) is 0. The Morgan fingerprint density at radius 1 is 0.562 bits per heavy atom. The van der Waals surface area contributed by atoms with Gasteiger partial charge in [-0.15, -0.1) is 0 Å². The maximum Gasteiger partial charge on any atom is 0.152 e. The van der Waals surface area contributed by atoms with Crippen molar-refractivity contribution in [1.29, 1.82) is 0 Å². The van der Waals surface area contributed by atoms with Gasteiger partial charge in [0.15, 0.2) is 11.5 Å². The summed E-state index contributed by atoms with van der Waals surface area (Å²) in [7, 11) is 0. The van der Waals surface area contributed by atoms with E-state index >= 15 is 0 Å². The normalized spacial score (nSPS) is 13.3. The number of nitrogens with zero attached hydrogens (tertiary/aromatic N) is 2.